The average Bonchev–Trinajstić information content (AvgIpc) is 3.12. The lowest BCUT2D eigenvalue weighted by Crippen LogP contribution is -2.38. The van der Waals surface area contributed by atoms with Gasteiger partial charge in [-0.25, -0.2) is 4.98 Å². The summed E-state index contributed by atoms with van der Waals surface area (Å²) in [5, 5.41) is 11.6. The molecule has 26 heavy (non-hydrogen) atoms. The molecule has 0 amide bonds. The molecule has 2 N–H and O–H groups in total. The van der Waals surface area contributed by atoms with Crippen LogP contribution < -0.4 is 10.1 Å². The summed E-state index contributed by atoms with van der Waals surface area (Å²) in [5.74, 6) is 1.42. The van der Waals surface area contributed by atoms with Gasteiger partial charge in [-0.15, -0.1) is 5.10 Å². The fraction of sp³-hybridized carbons (Fsp3) is 0.389. The van der Waals surface area contributed by atoms with Crippen molar-refractivity contribution in [3.63, 3.8) is 0 Å². The SMILES string of the molecule is Cc1ccc(Nc2cc3[nH]cnc3cc2OCCN2CCOCC2)nn1. The Morgan fingerprint density at radius 3 is 2.92 bits per heavy atom. The van der Waals surface area contributed by atoms with Crippen molar-refractivity contribution in [2.24, 2.45) is 0 Å². The molecule has 0 bridgehead atoms. The highest BCUT2D eigenvalue weighted by molar-refractivity contribution is 5.84. The van der Waals surface area contributed by atoms with Crippen LogP contribution >= 0.6 is 0 Å². The van der Waals surface area contributed by atoms with Crippen molar-refractivity contribution < 1.29 is 9.47 Å². The van der Waals surface area contributed by atoms with Crippen molar-refractivity contribution in [2.45, 2.75) is 6.92 Å². The topological polar surface area (TPSA) is 88.2 Å². The number of hydrogen-bond acceptors (Lipinski definition) is 7. The first kappa shape index (κ1) is 16.7. The standard InChI is InChI=1S/C18H22N6O2/c1-13-2-3-18(23-22-13)21-16-10-14-15(20-12-19-14)11-17(16)26-9-6-24-4-7-25-8-5-24/h2-3,10-12H,4-9H2,1H3,(H,19,20)(H,21,23). The van der Waals surface area contributed by atoms with Crippen LogP contribution in [0.25, 0.3) is 11.0 Å². The molecule has 2 aromatic heterocycles. The fourth-order valence-corrected chi connectivity index (χ4v) is 2.89. The minimum atomic E-state index is 0.601. The van der Waals surface area contributed by atoms with Gasteiger partial charge in [0.1, 0.15) is 12.4 Å². The summed E-state index contributed by atoms with van der Waals surface area (Å²) in [6, 6.07) is 7.74. The van der Waals surface area contributed by atoms with Crippen LogP contribution in [0.4, 0.5) is 11.5 Å². The zero-order valence-electron chi connectivity index (χ0n) is 14.7. The minimum Gasteiger partial charge on any atom is -0.490 e. The van der Waals surface area contributed by atoms with Gasteiger partial charge in [-0.3, -0.25) is 4.90 Å². The molecule has 0 aliphatic carbocycles. The summed E-state index contributed by atoms with van der Waals surface area (Å²) < 4.78 is 11.4. The van der Waals surface area contributed by atoms with Crippen molar-refractivity contribution in [3.8, 4) is 5.75 Å². The van der Waals surface area contributed by atoms with Crippen LogP contribution in [0.5, 0.6) is 5.75 Å². The maximum atomic E-state index is 6.07. The van der Waals surface area contributed by atoms with Gasteiger partial charge in [-0.05, 0) is 25.1 Å². The molecule has 4 rings (SSSR count). The van der Waals surface area contributed by atoms with Crippen molar-refractivity contribution in [2.75, 3.05) is 44.8 Å². The van der Waals surface area contributed by atoms with Gasteiger partial charge in [-0.2, -0.15) is 5.10 Å². The molecular formula is C18H22N6O2. The number of anilines is 2. The number of aromatic nitrogens is 4. The first-order chi connectivity index (χ1) is 12.8. The van der Waals surface area contributed by atoms with E-state index < -0.39 is 0 Å². The van der Waals surface area contributed by atoms with E-state index in [1.807, 2.05) is 31.2 Å². The zero-order valence-corrected chi connectivity index (χ0v) is 14.7. The van der Waals surface area contributed by atoms with Gasteiger partial charge < -0.3 is 19.8 Å². The van der Waals surface area contributed by atoms with E-state index in [0.717, 1.165) is 61.0 Å². The molecule has 0 radical (unpaired) electrons. The van der Waals surface area contributed by atoms with Crippen LogP contribution in [0.2, 0.25) is 0 Å². The molecule has 1 aliphatic rings. The first-order valence-electron chi connectivity index (χ1n) is 8.75. The number of aryl methyl sites for hydroxylation is 1. The summed E-state index contributed by atoms with van der Waals surface area (Å²) in [5.41, 5.74) is 3.52. The predicted molar refractivity (Wildman–Crippen MR) is 98.9 cm³/mol. The number of nitrogens with zero attached hydrogens (tertiary/aromatic N) is 4. The smallest absolute Gasteiger partial charge is 0.153 e. The molecule has 136 valence electrons. The van der Waals surface area contributed by atoms with E-state index in [9.17, 15) is 0 Å². The van der Waals surface area contributed by atoms with Crippen LogP contribution in [0.1, 0.15) is 5.69 Å². The molecule has 1 saturated heterocycles. The molecule has 0 spiro atoms. The number of fused-ring (bicyclic) bond motifs is 1. The van der Waals surface area contributed by atoms with Crippen LogP contribution in [0, 0.1) is 6.92 Å². The van der Waals surface area contributed by atoms with E-state index in [2.05, 4.69) is 30.4 Å². The van der Waals surface area contributed by atoms with Gasteiger partial charge in [0.2, 0.25) is 0 Å². The molecule has 3 heterocycles. The molecule has 0 atom stereocenters. The Hall–Kier alpha value is -2.71. The second kappa shape index (κ2) is 7.67. The first-order valence-corrected chi connectivity index (χ1v) is 8.75. The number of rotatable bonds is 6. The van der Waals surface area contributed by atoms with Crippen molar-refractivity contribution >= 4 is 22.5 Å². The Morgan fingerprint density at radius 1 is 1.23 bits per heavy atom. The summed E-state index contributed by atoms with van der Waals surface area (Å²) >= 11 is 0. The Bertz CT molecular complexity index is 858. The second-order valence-corrected chi connectivity index (χ2v) is 6.26. The van der Waals surface area contributed by atoms with Crippen molar-refractivity contribution in [3.05, 3.63) is 36.3 Å². The summed E-state index contributed by atoms with van der Waals surface area (Å²) in [6.07, 6.45) is 1.68. The van der Waals surface area contributed by atoms with Gasteiger partial charge in [0.05, 0.1) is 42.0 Å². The van der Waals surface area contributed by atoms with Crippen LogP contribution in [0.15, 0.2) is 30.6 Å². The molecular weight excluding hydrogens is 332 g/mol. The lowest BCUT2D eigenvalue weighted by Gasteiger charge is -2.26. The van der Waals surface area contributed by atoms with Crippen molar-refractivity contribution in [1.82, 2.24) is 25.1 Å². The van der Waals surface area contributed by atoms with Crippen LogP contribution in [-0.2, 0) is 4.74 Å². The molecule has 3 aromatic rings. The molecule has 0 saturated carbocycles. The Kier molecular flexibility index (Phi) is 4.94. The summed E-state index contributed by atoms with van der Waals surface area (Å²) in [6.45, 7) is 6.86. The number of nitrogens with one attached hydrogen (secondary N) is 2. The lowest BCUT2D eigenvalue weighted by molar-refractivity contribution is 0.0323. The molecule has 1 aromatic carbocycles. The lowest BCUT2D eigenvalue weighted by atomic mass is 10.2. The third-order valence-corrected chi connectivity index (χ3v) is 4.35. The van der Waals surface area contributed by atoms with E-state index in [1.165, 1.54) is 0 Å². The molecule has 0 unspecified atom stereocenters. The zero-order chi connectivity index (χ0) is 17.8. The third-order valence-electron chi connectivity index (χ3n) is 4.35. The summed E-state index contributed by atoms with van der Waals surface area (Å²) in [7, 11) is 0. The largest absolute Gasteiger partial charge is 0.490 e. The minimum absolute atomic E-state index is 0.601. The quantitative estimate of drug-likeness (QED) is 0.701. The number of morpholine rings is 1. The highest BCUT2D eigenvalue weighted by Crippen LogP contribution is 2.31. The Balaban J connectivity index is 1.50. The number of benzene rings is 1. The number of hydrogen-bond donors (Lipinski definition) is 2. The fourth-order valence-electron chi connectivity index (χ4n) is 2.89. The van der Waals surface area contributed by atoms with Gasteiger partial charge in [-0.1, -0.05) is 0 Å². The van der Waals surface area contributed by atoms with Crippen LogP contribution in [0.3, 0.4) is 0 Å². The van der Waals surface area contributed by atoms with E-state index >= 15 is 0 Å². The molecule has 8 heteroatoms. The van der Waals surface area contributed by atoms with Gasteiger partial charge in [0, 0.05) is 25.7 Å². The Morgan fingerprint density at radius 2 is 2.12 bits per heavy atom. The normalized spacial score (nSPS) is 15.3. The number of imidazole rings is 1. The number of H-pyrrole nitrogens is 1. The molecule has 8 nitrogen and oxygen atoms in total. The molecule has 1 fully saturated rings. The van der Waals surface area contributed by atoms with E-state index in [1.54, 1.807) is 6.33 Å². The predicted octanol–water partition coefficient (Wildman–Crippen LogP) is 2.12. The molecule has 1 aliphatic heterocycles. The second-order valence-electron chi connectivity index (χ2n) is 6.26. The number of ether oxygens (including phenoxy) is 2. The van der Waals surface area contributed by atoms with Crippen LogP contribution in [-0.4, -0.2) is 64.5 Å². The van der Waals surface area contributed by atoms with Crippen molar-refractivity contribution in [1.29, 1.82) is 0 Å². The van der Waals surface area contributed by atoms with Gasteiger partial charge in [0.25, 0.3) is 0 Å². The maximum absolute atomic E-state index is 6.07. The van der Waals surface area contributed by atoms with E-state index in [0.29, 0.717) is 12.4 Å². The maximum Gasteiger partial charge on any atom is 0.153 e. The number of aromatic amines is 1. The highest BCUT2D eigenvalue weighted by atomic mass is 16.5. The Labute approximate surface area is 151 Å². The third kappa shape index (κ3) is 3.92. The summed E-state index contributed by atoms with van der Waals surface area (Å²) in [4.78, 5) is 9.79. The van der Waals surface area contributed by atoms with Gasteiger partial charge in [0.15, 0.2) is 5.82 Å². The van der Waals surface area contributed by atoms with E-state index in [4.69, 9.17) is 9.47 Å². The van der Waals surface area contributed by atoms with Gasteiger partial charge >= 0.3 is 0 Å². The average molecular weight is 354 g/mol. The highest BCUT2D eigenvalue weighted by Gasteiger charge is 2.12. The monoisotopic (exact) mass is 354 g/mol. The van der Waals surface area contributed by atoms with E-state index in [-0.39, 0.29) is 0 Å².